The van der Waals surface area contributed by atoms with Crippen LogP contribution in [0.3, 0.4) is 0 Å². The number of carbonyl (C=O) groups is 2. The second-order valence-corrected chi connectivity index (χ2v) is 7.54. The van der Waals surface area contributed by atoms with Crippen LogP contribution in [0.25, 0.3) is 0 Å². The Kier molecular flexibility index (Phi) is 5.01. The van der Waals surface area contributed by atoms with Crippen LogP contribution in [0.4, 0.5) is 0 Å². The van der Waals surface area contributed by atoms with Crippen LogP contribution < -0.4 is 5.32 Å². The molecule has 27 heavy (non-hydrogen) atoms. The number of hydrogen-bond acceptors (Lipinski definition) is 7. The molecular weight excluding hydrogens is 350 g/mol. The van der Waals surface area contributed by atoms with Crippen molar-refractivity contribution >= 4 is 11.6 Å². The third kappa shape index (κ3) is 3.21. The van der Waals surface area contributed by atoms with Crippen molar-refractivity contribution in [1.82, 2.24) is 5.32 Å². The lowest BCUT2D eigenvalue weighted by atomic mass is 9.75. The molecule has 0 saturated heterocycles. The highest BCUT2D eigenvalue weighted by molar-refractivity contribution is 6.26. The number of aromatic hydroxyl groups is 2. The van der Waals surface area contributed by atoms with E-state index in [2.05, 4.69) is 12.2 Å². The molecular formula is C20H25NO6. The number of phenols is 2. The summed E-state index contributed by atoms with van der Waals surface area (Å²) in [4.78, 5) is 25.4. The first-order chi connectivity index (χ1) is 12.7. The van der Waals surface area contributed by atoms with Crippen LogP contribution in [-0.2, 0) is 12.8 Å². The van der Waals surface area contributed by atoms with E-state index < -0.39 is 34.8 Å². The van der Waals surface area contributed by atoms with Gasteiger partial charge in [0.1, 0.15) is 11.5 Å². The molecule has 1 aromatic rings. The predicted octanol–water partition coefficient (Wildman–Crippen LogP) is 1.35. The van der Waals surface area contributed by atoms with E-state index in [-0.39, 0.29) is 40.8 Å². The minimum absolute atomic E-state index is 0.0841. The van der Waals surface area contributed by atoms with Crippen molar-refractivity contribution in [3.05, 3.63) is 34.0 Å². The Morgan fingerprint density at radius 1 is 1.15 bits per heavy atom. The number of unbranched alkanes of at least 4 members (excludes halogenated alkanes) is 2. The summed E-state index contributed by atoms with van der Waals surface area (Å²) in [5.74, 6) is -1.97. The van der Waals surface area contributed by atoms with Gasteiger partial charge < -0.3 is 25.7 Å². The summed E-state index contributed by atoms with van der Waals surface area (Å²) in [6, 6.07) is 0. The van der Waals surface area contributed by atoms with E-state index in [1.807, 2.05) is 0 Å². The average molecular weight is 375 g/mol. The molecule has 0 bridgehead atoms. The van der Waals surface area contributed by atoms with Gasteiger partial charge in [0.05, 0.1) is 28.5 Å². The van der Waals surface area contributed by atoms with Gasteiger partial charge in [-0.15, -0.1) is 0 Å². The summed E-state index contributed by atoms with van der Waals surface area (Å²) in [7, 11) is 0. The minimum Gasteiger partial charge on any atom is -0.507 e. The average Bonchev–Trinajstić information content (AvgIpc) is 2.60. The van der Waals surface area contributed by atoms with Crippen molar-refractivity contribution in [2.45, 2.75) is 57.7 Å². The van der Waals surface area contributed by atoms with Crippen LogP contribution in [-0.4, -0.2) is 50.2 Å². The van der Waals surface area contributed by atoms with Gasteiger partial charge in [-0.1, -0.05) is 19.8 Å². The predicted molar refractivity (Wildman–Crippen MR) is 98.1 cm³/mol. The van der Waals surface area contributed by atoms with E-state index in [4.69, 9.17) is 0 Å². The van der Waals surface area contributed by atoms with Crippen LogP contribution in [0, 0.1) is 0 Å². The van der Waals surface area contributed by atoms with Gasteiger partial charge in [-0.05, 0) is 13.3 Å². The summed E-state index contributed by atoms with van der Waals surface area (Å²) >= 11 is 0. The molecule has 0 amide bonds. The molecule has 0 aromatic heterocycles. The molecule has 7 nitrogen and oxygen atoms in total. The smallest absolute Gasteiger partial charge is 0.213 e. The van der Waals surface area contributed by atoms with Gasteiger partial charge in [-0.2, -0.15) is 0 Å². The quantitative estimate of drug-likeness (QED) is 0.388. The summed E-state index contributed by atoms with van der Waals surface area (Å²) in [6.07, 6.45) is 2.55. The standard InChI is InChI=1S/C20H25NO6/c1-3-4-5-6-21-12-8-13(22)15-16(19(12)26)18(25)11-9-20(2,27)14(23)7-10(11)17(15)24/h8,14,21,23-25,27H,3-7,9H2,1-2H3/t14-,20+/m1/s1. The van der Waals surface area contributed by atoms with Crippen LogP contribution in [0.5, 0.6) is 11.5 Å². The summed E-state index contributed by atoms with van der Waals surface area (Å²) in [5, 5.41) is 44.6. The number of phenolic OH excluding ortho intramolecular Hbond substituents is 2. The Morgan fingerprint density at radius 2 is 1.81 bits per heavy atom. The number of nitrogens with one attached hydrogen (secondary N) is 1. The number of hydrogen-bond donors (Lipinski definition) is 5. The van der Waals surface area contributed by atoms with Crippen molar-refractivity contribution < 1.29 is 30.0 Å². The van der Waals surface area contributed by atoms with Gasteiger partial charge in [0.25, 0.3) is 0 Å². The minimum atomic E-state index is -1.51. The van der Waals surface area contributed by atoms with Gasteiger partial charge in [0.2, 0.25) is 5.78 Å². The van der Waals surface area contributed by atoms with E-state index >= 15 is 0 Å². The highest BCUT2D eigenvalue weighted by Gasteiger charge is 2.42. The number of carbonyl (C=O) groups excluding carboxylic acids is 2. The van der Waals surface area contributed by atoms with E-state index in [0.717, 1.165) is 25.3 Å². The Bertz CT molecular complexity index is 840. The maximum Gasteiger partial charge on any atom is 0.213 e. The third-order valence-corrected chi connectivity index (χ3v) is 5.40. The van der Waals surface area contributed by atoms with Crippen LogP contribution >= 0.6 is 0 Å². The van der Waals surface area contributed by atoms with E-state index in [0.29, 0.717) is 6.54 Å². The van der Waals surface area contributed by atoms with Gasteiger partial charge in [-0.3, -0.25) is 9.59 Å². The first-order valence-electron chi connectivity index (χ1n) is 9.23. The largest absolute Gasteiger partial charge is 0.507 e. The molecule has 0 saturated carbocycles. The number of aliphatic hydroxyl groups is 2. The second-order valence-electron chi connectivity index (χ2n) is 7.54. The molecule has 0 fully saturated rings. The summed E-state index contributed by atoms with van der Waals surface area (Å²) < 4.78 is 0. The number of benzene rings is 1. The molecule has 2 atom stereocenters. The molecule has 146 valence electrons. The van der Waals surface area contributed by atoms with Gasteiger partial charge in [0.15, 0.2) is 5.78 Å². The molecule has 0 radical (unpaired) electrons. The highest BCUT2D eigenvalue weighted by atomic mass is 16.3. The van der Waals surface area contributed by atoms with E-state index in [1.165, 1.54) is 6.92 Å². The fraction of sp³-hybridized carbons (Fsp3) is 0.500. The van der Waals surface area contributed by atoms with Gasteiger partial charge in [0, 0.05) is 36.6 Å². The second kappa shape index (κ2) is 6.98. The lowest BCUT2D eigenvalue weighted by Crippen LogP contribution is -2.46. The Hall–Kier alpha value is -2.38. The topological polar surface area (TPSA) is 127 Å². The Morgan fingerprint density at radius 3 is 2.48 bits per heavy atom. The van der Waals surface area contributed by atoms with E-state index in [9.17, 15) is 30.0 Å². The molecule has 2 aliphatic rings. The van der Waals surface area contributed by atoms with E-state index in [1.54, 1.807) is 0 Å². The van der Waals surface area contributed by atoms with Gasteiger partial charge >= 0.3 is 0 Å². The molecule has 7 heteroatoms. The number of ketones is 2. The number of aliphatic hydroxyl groups excluding tert-OH is 1. The molecule has 0 aliphatic heterocycles. The zero-order chi connectivity index (χ0) is 19.9. The van der Waals surface area contributed by atoms with Crippen molar-refractivity contribution in [2.24, 2.45) is 0 Å². The number of Topliss-reactive ketones (excluding diaryl/α,β-unsaturated/α-hetero) is 1. The Labute approximate surface area is 157 Å². The molecule has 0 unspecified atom stereocenters. The molecule has 3 rings (SSSR count). The Balaban J connectivity index is 2.04. The van der Waals surface area contributed by atoms with Crippen LogP contribution in [0.1, 0.15) is 65.0 Å². The van der Waals surface area contributed by atoms with Crippen molar-refractivity contribution in [2.75, 3.05) is 6.54 Å². The number of fused-ring (bicyclic) bond motifs is 2. The zero-order valence-electron chi connectivity index (χ0n) is 15.5. The van der Waals surface area contributed by atoms with Crippen LogP contribution in [0.2, 0.25) is 0 Å². The highest BCUT2D eigenvalue weighted by Crippen LogP contribution is 2.45. The fourth-order valence-electron chi connectivity index (χ4n) is 3.72. The summed E-state index contributed by atoms with van der Waals surface area (Å²) in [5.41, 5.74) is -1.53. The molecule has 5 N–H and O–H groups in total. The molecule has 1 aromatic carbocycles. The number of allylic oxidation sites excluding steroid dienone is 2. The third-order valence-electron chi connectivity index (χ3n) is 5.40. The SMILES string of the molecule is CCCCCNC1=CC(=O)c2c(O)c3c(c(O)c2C1=O)C[C@](C)(O)[C@H](O)C3. The first-order valence-corrected chi connectivity index (χ1v) is 9.23. The lowest BCUT2D eigenvalue weighted by molar-refractivity contribution is -0.0668. The molecule has 0 heterocycles. The maximum absolute atomic E-state index is 12.8. The van der Waals surface area contributed by atoms with Gasteiger partial charge in [-0.25, -0.2) is 0 Å². The lowest BCUT2D eigenvalue weighted by Gasteiger charge is -2.36. The zero-order valence-corrected chi connectivity index (χ0v) is 15.5. The molecule has 2 aliphatic carbocycles. The summed E-state index contributed by atoms with van der Waals surface area (Å²) in [6.45, 7) is 4.00. The monoisotopic (exact) mass is 375 g/mol. The maximum atomic E-state index is 12.8. The van der Waals surface area contributed by atoms with Crippen molar-refractivity contribution in [1.29, 1.82) is 0 Å². The first kappa shape index (κ1) is 19.4. The van der Waals surface area contributed by atoms with Crippen molar-refractivity contribution in [3.8, 4) is 11.5 Å². The number of rotatable bonds is 5. The molecule has 0 spiro atoms. The fourth-order valence-corrected chi connectivity index (χ4v) is 3.72. The normalized spacial score (nSPS) is 24.3. The van der Waals surface area contributed by atoms with Crippen molar-refractivity contribution in [3.63, 3.8) is 0 Å². The van der Waals surface area contributed by atoms with Crippen LogP contribution in [0.15, 0.2) is 11.8 Å².